The van der Waals surface area contributed by atoms with Gasteiger partial charge in [-0.25, -0.2) is 4.79 Å². The molecule has 0 spiro atoms. The van der Waals surface area contributed by atoms with E-state index in [9.17, 15) is 84.6 Å². The normalized spacial score (nSPS) is 28.0. The number of aliphatic hydroxyl groups excluding tert-OH is 9. The number of aliphatic hydroxyl groups is 9. The average molecular weight is 1220 g/mol. The van der Waals surface area contributed by atoms with Crippen LogP contribution in [0.5, 0.6) is 0 Å². The summed E-state index contributed by atoms with van der Waals surface area (Å²) in [6.07, 6.45) is -19.1. The zero-order valence-corrected chi connectivity index (χ0v) is 48.1. The Morgan fingerprint density at radius 2 is 0.859 bits per heavy atom. The van der Waals surface area contributed by atoms with Gasteiger partial charge < -0.3 is 116 Å². The smallest absolute Gasteiger partial charge is 0.407 e. The summed E-state index contributed by atoms with van der Waals surface area (Å²) in [7, 11) is 0. The molecular weight excluding hydrogens is 1130 g/mol. The van der Waals surface area contributed by atoms with Gasteiger partial charge in [0.1, 0.15) is 61.5 Å². The van der Waals surface area contributed by atoms with Crippen LogP contribution in [0.3, 0.4) is 0 Å². The summed E-state index contributed by atoms with van der Waals surface area (Å²) >= 11 is 0. The Morgan fingerprint density at radius 3 is 1.29 bits per heavy atom. The van der Waals surface area contributed by atoms with Gasteiger partial charge in [0.2, 0.25) is 29.5 Å². The Bertz CT molecular complexity index is 2140. The molecular formula is C53H88N8O24. The van der Waals surface area contributed by atoms with Crippen LogP contribution >= 0.6 is 0 Å². The molecule has 4 rings (SSSR count). The third kappa shape index (κ3) is 25.5. The van der Waals surface area contributed by atoms with E-state index in [2.05, 4.69) is 31.9 Å². The molecule has 3 heterocycles. The molecule has 32 nitrogen and oxygen atoms in total. The summed E-state index contributed by atoms with van der Waals surface area (Å²) in [6, 6.07) is 7.92. The van der Waals surface area contributed by atoms with Crippen molar-refractivity contribution in [3.8, 4) is 0 Å². The maximum absolute atomic E-state index is 14.2. The average Bonchev–Trinajstić information content (AvgIpc) is 3.52. The van der Waals surface area contributed by atoms with Crippen LogP contribution in [0.2, 0.25) is 0 Å². The van der Waals surface area contributed by atoms with Crippen LogP contribution in [0.4, 0.5) is 4.79 Å². The summed E-state index contributed by atoms with van der Waals surface area (Å²) in [5.74, 6) is -4.59. The number of carbonyl (C=O) groups is 7. The molecule has 3 aliphatic rings. The van der Waals surface area contributed by atoms with Gasteiger partial charge in [-0.05, 0) is 64.9 Å². The van der Waals surface area contributed by atoms with Crippen molar-refractivity contribution in [3.05, 3.63) is 35.9 Å². The van der Waals surface area contributed by atoms with E-state index >= 15 is 0 Å². The second-order valence-corrected chi connectivity index (χ2v) is 20.9. The molecule has 1 unspecified atom stereocenters. The van der Waals surface area contributed by atoms with Crippen molar-refractivity contribution >= 4 is 41.6 Å². The monoisotopic (exact) mass is 1220 g/mol. The molecule has 0 radical (unpaired) electrons. The number of carboxylic acids is 1. The Labute approximate surface area is 491 Å². The van der Waals surface area contributed by atoms with E-state index in [-0.39, 0.29) is 78.4 Å². The summed E-state index contributed by atoms with van der Waals surface area (Å²) in [4.78, 5) is 93.3. The van der Waals surface area contributed by atoms with E-state index in [1.165, 1.54) is 25.7 Å². The number of aliphatic carboxylic acids is 1. The van der Waals surface area contributed by atoms with E-state index in [0.717, 1.165) is 10.5 Å². The minimum atomic E-state index is -1.64. The lowest BCUT2D eigenvalue weighted by Crippen LogP contribution is -2.58. The number of nitrogens with one attached hydrogen (secondary N) is 6. The molecule has 1 aromatic rings. The highest BCUT2D eigenvalue weighted by molar-refractivity contribution is 5.86. The predicted octanol–water partition coefficient (Wildman–Crippen LogP) is -6.58. The van der Waals surface area contributed by atoms with Crippen LogP contribution in [0, 0.1) is 0 Å². The van der Waals surface area contributed by atoms with Gasteiger partial charge in [0.15, 0.2) is 18.9 Å². The van der Waals surface area contributed by atoms with E-state index < -0.39 is 172 Å². The number of unbranched alkanes of at least 4 members (excludes halogenated alkanes) is 3. The molecule has 6 amide bonds. The standard InChI is InChI=1S/C53H88N8O24/c1-30-40(68)43(71)46(74)50(83-30)79-21-18-56-37(64)26-61(27-38(65)57-19-22-80-51-47(75)44(72)41(69)31(2)84-51)34(49(77)58-20-23-81-52-48(76)45(73)42(70)32(3)85-52)14-8-11-16-55-36(63)25-60(28-39(66)67)24-35(62)54-15-9-5-10-17-59-53(78)82-29-33-12-6-4-7-13-33/h4,6-7,12-13,30-32,34,40-48,50-52,68-76H,5,8-11,14-29H2,1-3H3,(H,54,62)(H,55,63)(H,56,64)(H,57,65)(H,58,77)(H,59,78)(H,66,67)/t30-,31-,32-,34?,40+,41+,42+,43+,44+,45+,46-,47-,48-,50+,51+,52+/m0/s1. The van der Waals surface area contributed by atoms with Gasteiger partial charge in [-0.2, -0.15) is 0 Å². The first-order valence-corrected chi connectivity index (χ1v) is 28.4. The second-order valence-electron chi connectivity index (χ2n) is 20.9. The topological polar surface area (TPSA) is 465 Å². The molecule has 32 heteroatoms. The van der Waals surface area contributed by atoms with Crippen LogP contribution < -0.4 is 31.9 Å². The molecule has 1 aromatic carbocycles. The van der Waals surface area contributed by atoms with Gasteiger partial charge in [-0.1, -0.05) is 30.3 Å². The van der Waals surface area contributed by atoms with Crippen molar-refractivity contribution in [1.29, 1.82) is 0 Å². The van der Waals surface area contributed by atoms with E-state index in [4.69, 9.17) is 33.2 Å². The Balaban J connectivity index is 1.35. The molecule has 0 bridgehead atoms. The lowest BCUT2D eigenvalue weighted by atomic mass is 10.0. The molecule has 0 saturated carbocycles. The van der Waals surface area contributed by atoms with Crippen LogP contribution in [0.15, 0.2) is 30.3 Å². The fourth-order valence-corrected chi connectivity index (χ4v) is 9.07. The lowest BCUT2D eigenvalue weighted by molar-refractivity contribution is -0.292. The fraction of sp³-hybridized carbons (Fsp3) is 0.755. The molecule has 3 aliphatic heterocycles. The van der Waals surface area contributed by atoms with Crippen molar-refractivity contribution in [2.75, 3.05) is 91.8 Å². The highest BCUT2D eigenvalue weighted by Gasteiger charge is 2.45. The number of amides is 6. The van der Waals surface area contributed by atoms with Crippen LogP contribution in [0.25, 0.3) is 0 Å². The number of benzene rings is 1. The molecule has 16 atom stereocenters. The zero-order valence-electron chi connectivity index (χ0n) is 48.1. The van der Waals surface area contributed by atoms with Crippen molar-refractivity contribution < 1.29 is 118 Å². The van der Waals surface area contributed by atoms with E-state index in [1.54, 1.807) is 0 Å². The molecule has 16 N–H and O–H groups in total. The molecule has 0 aliphatic carbocycles. The second kappa shape index (κ2) is 38.0. The highest BCUT2D eigenvalue weighted by atomic mass is 16.7. The van der Waals surface area contributed by atoms with Crippen LogP contribution in [0.1, 0.15) is 64.9 Å². The van der Waals surface area contributed by atoms with Crippen molar-refractivity contribution in [2.45, 2.75) is 164 Å². The predicted molar refractivity (Wildman–Crippen MR) is 292 cm³/mol. The SMILES string of the molecule is C[C@@H]1O[C@@H](OCCNC(=O)CN(CC(=O)NCCO[C@@H]2O[C@@H](C)[C@@H](O)[C@@H](O)[C@@H]2O)C(CCCCNC(=O)CN(CC(=O)O)CC(=O)NCCCCCNC(=O)OCc2ccccc2)C(=O)NCCO[C@@H]2O[C@@H](C)[C@@H](O)[C@@H](O)[C@@H]2O)[C@@H](O)[C@H](O)[C@@H]1O. The number of nitrogens with zero attached hydrogens (tertiary/aromatic N) is 2. The number of ether oxygens (including phenoxy) is 7. The Morgan fingerprint density at radius 1 is 0.471 bits per heavy atom. The van der Waals surface area contributed by atoms with Crippen LogP contribution in [-0.4, -0.2) is 292 Å². The van der Waals surface area contributed by atoms with E-state index in [0.29, 0.717) is 25.8 Å². The Hall–Kier alpha value is -5.37. The summed E-state index contributed by atoms with van der Waals surface area (Å²) in [6.45, 7) is 0.941. The number of rotatable bonds is 37. The number of carbonyl (C=O) groups excluding carboxylic acids is 6. The zero-order chi connectivity index (χ0) is 62.6. The van der Waals surface area contributed by atoms with Crippen molar-refractivity contribution in [2.24, 2.45) is 0 Å². The highest BCUT2D eigenvalue weighted by Crippen LogP contribution is 2.24. The van der Waals surface area contributed by atoms with E-state index in [1.807, 2.05) is 30.3 Å². The van der Waals surface area contributed by atoms with Crippen molar-refractivity contribution in [1.82, 2.24) is 41.7 Å². The third-order valence-electron chi connectivity index (χ3n) is 13.9. The summed E-state index contributed by atoms with van der Waals surface area (Å²) in [5.41, 5.74) is 0.847. The van der Waals surface area contributed by atoms with Gasteiger partial charge in [0.25, 0.3) is 0 Å². The van der Waals surface area contributed by atoms with Gasteiger partial charge in [0.05, 0.1) is 76.9 Å². The molecule has 484 valence electrons. The van der Waals surface area contributed by atoms with Crippen LogP contribution in [-0.2, 0) is 68.5 Å². The molecule has 3 fully saturated rings. The third-order valence-corrected chi connectivity index (χ3v) is 13.9. The number of carboxylic acid groups (broad SMARTS) is 1. The number of hydrogen-bond donors (Lipinski definition) is 16. The maximum atomic E-state index is 14.2. The minimum absolute atomic E-state index is 0.000270. The van der Waals surface area contributed by atoms with Gasteiger partial charge in [-0.15, -0.1) is 0 Å². The minimum Gasteiger partial charge on any atom is -0.480 e. The quantitative estimate of drug-likeness (QED) is 0.0275. The Kier molecular flexibility index (Phi) is 32.3. The maximum Gasteiger partial charge on any atom is 0.407 e. The largest absolute Gasteiger partial charge is 0.480 e. The van der Waals surface area contributed by atoms with Gasteiger partial charge in [-0.3, -0.25) is 38.6 Å². The lowest BCUT2D eigenvalue weighted by Gasteiger charge is -2.39. The van der Waals surface area contributed by atoms with Gasteiger partial charge in [0, 0.05) is 39.3 Å². The summed E-state index contributed by atoms with van der Waals surface area (Å²) in [5, 5.41) is 117. The van der Waals surface area contributed by atoms with Gasteiger partial charge >= 0.3 is 12.1 Å². The first kappa shape index (κ1) is 72.1. The number of hydrogen-bond acceptors (Lipinski definition) is 25. The number of alkyl carbamates (subject to hydrolysis) is 1. The first-order valence-electron chi connectivity index (χ1n) is 28.4. The first-order chi connectivity index (χ1) is 40.5. The molecule has 85 heavy (non-hydrogen) atoms. The fourth-order valence-electron chi connectivity index (χ4n) is 9.07. The summed E-state index contributed by atoms with van der Waals surface area (Å²) < 4.78 is 38.1. The van der Waals surface area contributed by atoms with Crippen molar-refractivity contribution in [3.63, 3.8) is 0 Å². The molecule has 3 saturated heterocycles. The molecule has 0 aromatic heterocycles.